The maximum absolute atomic E-state index is 11.7. The smallest absolute Gasteiger partial charge is 0.258 e. The van der Waals surface area contributed by atoms with Crippen LogP contribution in [0.4, 0.5) is 0 Å². The molecule has 1 fully saturated rings. The normalized spacial score (nSPS) is 18.3. The number of nitrogens with one attached hydrogen (secondary N) is 2. The van der Waals surface area contributed by atoms with E-state index < -0.39 is 0 Å². The molecule has 0 spiro atoms. The van der Waals surface area contributed by atoms with Gasteiger partial charge in [0, 0.05) is 12.6 Å². The van der Waals surface area contributed by atoms with Crippen molar-refractivity contribution < 1.29 is 9.53 Å². The highest BCUT2D eigenvalue weighted by molar-refractivity contribution is 5.85. The summed E-state index contributed by atoms with van der Waals surface area (Å²) >= 11 is 0. The van der Waals surface area contributed by atoms with Gasteiger partial charge in [-0.3, -0.25) is 4.79 Å². The summed E-state index contributed by atoms with van der Waals surface area (Å²) in [5.41, 5.74) is 1.18. The number of halogens is 1. The van der Waals surface area contributed by atoms with Crippen LogP contribution in [-0.2, 0) is 4.79 Å². The predicted molar refractivity (Wildman–Crippen MR) is 78.0 cm³/mol. The molecular formula is C14H21ClN2O2. The van der Waals surface area contributed by atoms with Crippen LogP contribution in [0.25, 0.3) is 0 Å². The average Bonchev–Trinajstić information content (AvgIpc) is 2.39. The molecule has 2 rings (SSSR count). The Kier molecular flexibility index (Phi) is 6.67. The van der Waals surface area contributed by atoms with Crippen LogP contribution in [0.1, 0.15) is 18.4 Å². The Morgan fingerprint density at radius 2 is 2.16 bits per heavy atom. The van der Waals surface area contributed by atoms with Crippen molar-refractivity contribution in [1.29, 1.82) is 0 Å². The fourth-order valence-corrected chi connectivity index (χ4v) is 2.03. The number of ether oxygens (including phenoxy) is 1. The molecule has 0 unspecified atom stereocenters. The molecule has 2 N–H and O–H groups in total. The van der Waals surface area contributed by atoms with Crippen molar-refractivity contribution in [3.05, 3.63) is 29.8 Å². The Labute approximate surface area is 120 Å². The van der Waals surface area contributed by atoms with E-state index in [0.717, 1.165) is 31.7 Å². The van der Waals surface area contributed by atoms with E-state index in [2.05, 4.69) is 10.6 Å². The molecule has 0 saturated carbocycles. The first-order valence-corrected chi connectivity index (χ1v) is 6.43. The average molecular weight is 285 g/mol. The van der Waals surface area contributed by atoms with Crippen molar-refractivity contribution >= 4 is 18.3 Å². The maximum Gasteiger partial charge on any atom is 0.258 e. The van der Waals surface area contributed by atoms with Crippen molar-refractivity contribution in [2.24, 2.45) is 0 Å². The highest BCUT2D eigenvalue weighted by atomic mass is 35.5. The number of aryl methyl sites for hydroxylation is 1. The van der Waals surface area contributed by atoms with Crippen molar-refractivity contribution in [2.75, 3.05) is 19.7 Å². The molecule has 4 nitrogen and oxygen atoms in total. The molecule has 1 aliphatic rings. The minimum atomic E-state index is -0.0516. The second kappa shape index (κ2) is 8.02. The van der Waals surface area contributed by atoms with Gasteiger partial charge in [-0.25, -0.2) is 0 Å². The Morgan fingerprint density at radius 3 is 2.79 bits per heavy atom. The third kappa shape index (κ3) is 5.49. The SMILES string of the molecule is Cc1ccc(OCC(=O)N[C@H]2CCCNC2)cc1.Cl. The zero-order valence-electron chi connectivity index (χ0n) is 11.1. The molecule has 1 aromatic carbocycles. The Hall–Kier alpha value is -1.26. The van der Waals surface area contributed by atoms with Gasteiger partial charge < -0.3 is 15.4 Å². The van der Waals surface area contributed by atoms with Gasteiger partial charge in [0.2, 0.25) is 0 Å². The van der Waals surface area contributed by atoms with Crippen LogP contribution in [0, 0.1) is 6.92 Å². The van der Waals surface area contributed by atoms with E-state index in [0.29, 0.717) is 0 Å². The molecule has 0 radical (unpaired) electrons. The molecule has 1 amide bonds. The van der Waals surface area contributed by atoms with Gasteiger partial charge in [-0.2, -0.15) is 0 Å². The summed E-state index contributed by atoms with van der Waals surface area (Å²) in [4.78, 5) is 11.7. The number of benzene rings is 1. The number of hydrogen-bond acceptors (Lipinski definition) is 3. The second-order valence-corrected chi connectivity index (χ2v) is 4.71. The predicted octanol–water partition coefficient (Wildman–Crippen LogP) is 1.66. The number of carbonyl (C=O) groups is 1. The molecule has 1 heterocycles. The highest BCUT2D eigenvalue weighted by Gasteiger charge is 2.15. The quantitative estimate of drug-likeness (QED) is 0.884. The molecular weight excluding hydrogens is 264 g/mol. The van der Waals surface area contributed by atoms with Gasteiger partial charge >= 0.3 is 0 Å². The molecule has 1 aromatic rings. The molecule has 19 heavy (non-hydrogen) atoms. The van der Waals surface area contributed by atoms with Crippen LogP contribution >= 0.6 is 12.4 Å². The van der Waals surface area contributed by atoms with Crippen LogP contribution in [0.3, 0.4) is 0 Å². The van der Waals surface area contributed by atoms with Crippen LogP contribution in [0.2, 0.25) is 0 Å². The van der Waals surface area contributed by atoms with Crippen molar-refractivity contribution in [3.8, 4) is 5.75 Å². The van der Waals surface area contributed by atoms with Gasteiger partial charge in [0.1, 0.15) is 5.75 Å². The first-order chi connectivity index (χ1) is 8.74. The number of hydrogen-bond donors (Lipinski definition) is 2. The number of rotatable bonds is 4. The second-order valence-electron chi connectivity index (χ2n) is 4.71. The van der Waals surface area contributed by atoms with E-state index in [1.807, 2.05) is 31.2 Å². The molecule has 1 aliphatic heterocycles. The monoisotopic (exact) mass is 284 g/mol. The molecule has 0 bridgehead atoms. The van der Waals surface area contributed by atoms with Gasteiger partial charge in [0.05, 0.1) is 0 Å². The van der Waals surface area contributed by atoms with Crippen molar-refractivity contribution in [3.63, 3.8) is 0 Å². The van der Waals surface area contributed by atoms with Crippen LogP contribution in [0.15, 0.2) is 24.3 Å². The number of amides is 1. The van der Waals surface area contributed by atoms with Gasteiger partial charge in [-0.15, -0.1) is 12.4 Å². The zero-order valence-corrected chi connectivity index (χ0v) is 12.0. The fraction of sp³-hybridized carbons (Fsp3) is 0.500. The fourth-order valence-electron chi connectivity index (χ4n) is 2.03. The summed E-state index contributed by atoms with van der Waals surface area (Å²) in [5.74, 6) is 0.682. The van der Waals surface area contributed by atoms with Crippen molar-refractivity contribution in [1.82, 2.24) is 10.6 Å². The molecule has 1 saturated heterocycles. The van der Waals surface area contributed by atoms with Crippen LogP contribution in [0.5, 0.6) is 5.75 Å². The van der Waals surface area contributed by atoms with Gasteiger partial charge in [-0.05, 0) is 38.4 Å². The largest absolute Gasteiger partial charge is 0.484 e. The van der Waals surface area contributed by atoms with Gasteiger partial charge in [0.15, 0.2) is 6.61 Å². The van der Waals surface area contributed by atoms with Gasteiger partial charge in [0.25, 0.3) is 5.91 Å². The first kappa shape index (κ1) is 15.8. The molecule has 0 aliphatic carbocycles. The van der Waals surface area contributed by atoms with E-state index in [1.54, 1.807) is 0 Å². The van der Waals surface area contributed by atoms with Gasteiger partial charge in [-0.1, -0.05) is 17.7 Å². The summed E-state index contributed by atoms with van der Waals surface area (Å²) in [6.45, 7) is 4.01. The van der Waals surface area contributed by atoms with Crippen LogP contribution < -0.4 is 15.4 Å². The number of carbonyl (C=O) groups excluding carboxylic acids is 1. The van der Waals surface area contributed by atoms with Crippen LogP contribution in [-0.4, -0.2) is 31.6 Å². The summed E-state index contributed by atoms with van der Waals surface area (Å²) in [6.07, 6.45) is 2.16. The number of piperidine rings is 1. The lowest BCUT2D eigenvalue weighted by Crippen LogP contribution is -2.46. The Balaban J connectivity index is 0.00000180. The minimum absolute atomic E-state index is 0. The lowest BCUT2D eigenvalue weighted by atomic mass is 10.1. The maximum atomic E-state index is 11.7. The topological polar surface area (TPSA) is 50.4 Å². The molecule has 1 atom stereocenters. The lowest BCUT2D eigenvalue weighted by molar-refractivity contribution is -0.123. The third-order valence-electron chi connectivity index (χ3n) is 3.05. The van der Waals surface area contributed by atoms with E-state index >= 15 is 0 Å². The summed E-state index contributed by atoms with van der Waals surface area (Å²) in [7, 11) is 0. The van der Waals surface area contributed by atoms with E-state index in [4.69, 9.17) is 4.74 Å². The summed E-state index contributed by atoms with van der Waals surface area (Å²) < 4.78 is 5.43. The zero-order chi connectivity index (χ0) is 12.8. The lowest BCUT2D eigenvalue weighted by Gasteiger charge is -2.23. The molecule has 106 valence electrons. The standard InChI is InChI=1S/C14H20N2O2.ClH/c1-11-4-6-13(7-5-11)18-10-14(17)16-12-3-2-8-15-9-12;/h4-7,12,15H,2-3,8-10H2,1H3,(H,16,17);1H/t12-;/m0./s1. The van der Waals surface area contributed by atoms with E-state index in [9.17, 15) is 4.79 Å². The van der Waals surface area contributed by atoms with E-state index in [-0.39, 0.29) is 31.0 Å². The molecule has 5 heteroatoms. The summed E-state index contributed by atoms with van der Waals surface area (Å²) in [6, 6.07) is 7.94. The molecule has 0 aromatic heterocycles. The van der Waals surface area contributed by atoms with Crippen molar-refractivity contribution in [2.45, 2.75) is 25.8 Å². The first-order valence-electron chi connectivity index (χ1n) is 6.43. The Bertz CT molecular complexity index is 389. The highest BCUT2D eigenvalue weighted by Crippen LogP contribution is 2.11. The Morgan fingerprint density at radius 1 is 1.42 bits per heavy atom. The van der Waals surface area contributed by atoms with E-state index in [1.165, 1.54) is 5.56 Å². The summed E-state index contributed by atoms with van der Waals surface area (Å²) in [5, 5.41) is 6.24. The third-order valence-corrected chi connectivity index (χ3v) is 3.05. The minimum Gasteiger partial charge on any atom is -0.484 e.